The molecule has 3 unspecified atom stereocenters. The fourth-order valence-corrected chi connectivity index (χ4v) is 2.56. The van der Waals surface area contributed by atoms with E-state index in [2.05, 4.69) is 47.6 Å². The Bertz CT molecular complexity index is 190. The molecule has 0 heteroatoms. The molecule has 0 nitrogen and oxygen atoms in total. The number of allylic oxidation sites excluding steroid dienone is 2. The van der Waals surface area contributed by atoms with Gasteiger partial charge in [0.25, 0.3) is 0 Å². The monoisotopic (exact) mass is 224 g/mol. The summed E-state index contributed by atoms with van der Waals surface area (Å²) in [5, 5.41) is 0. The highest BCUT2D eigenvalue weighted by molar-refractivity contribution is 5.01. The van der Waals surface area contributed by atoms with Gasteiger partial charge in [-0.2, -0.15) is 0 Å². The summed E-state index contributed by atoms with van der Waals surface area (Å²) in [6.45, 7) is 14.0. The second kappa shape index (κ2) is 8.84. The molecule has 0 aliphatic carbocycles. The van der Waals surface area contributed by atoms with E-state index in [1.165, 1.54) is 32.1 Å². The molecule has 0 heterocycles. The van der Waals surface area contributed by atoms with E-state index in [0.29, 0.717) is 0 Å². The van der Waals surface area contributed by atoms with Crippen molar-refractivity contribution in [2.24, 2.45) is 17.8 Å². The molecule has 16 heavy (non-hydrogen) atoms. The van der Waals surface area contributed by atoms with Crippen LogP contribution in [0.5, 0.6) is 0 Å². The van der Waals surface area contributed by atoms with Gasteiger partial charge in [-0.15, -0.1) is 0 Å². The smallest absolute Gasteiger partial charge is 0.0257 e. The minimum atomic E-state index is 0.755. The van der Waals surface area contributed by atoms with Crippen molar-refractivity contribution in [3.05, 3.63) is 11.6 Å². The molecule has 0 fully saturated rings. The molecule has 0 saturated carbocycles. The average Bonchev–Trinajstić information content (AvgIpc) is 2.16. The molecule has 0 aliphatic rings. The summed E-state index contributed by atoms with van der Waals surface area (Å²) in [5.74, 6) is 2.48. The first-order valence-corrected chi connectivity index (χ1v) is 7.16. The molecule has 0 N–H and O–H groups in total. The van der Waals surface area contributed by atoms with Crippen molar-refractivity contribution < 1.29 is 0 Å². The van der Waals surface area contributed by atoms with Gasteiger partial charge in [-0.25, -0.2) is 0 Å². The molecule has 0 aromatic heterocycles. The van der Waals surface area contributed by atoms with E-state index >= 15 is 0 Å². The van der Waals surface area contributed by atoms with Crippen LogP contribution in [0.4, 0.5) is 0 Å². The van der Waals surface area contributed by atoms with Gasteiger partial charge in [0.1, 0.15) is 0 Å². The van der Waals surface area contributed by atoms with Crippen molar-refractivity contribution in [1.82, 2.24) is 0 Å². The molecule has 0 amide bonds. The molecule has 0 saturated heterocycles. The van der Waals surface area contributed by atoms with Crippen molar-refractivity contribution in [2.75, 3.05) is 0 Å². The summed E-state index contributed by atoms with van der Waals surface area (Å²) in [7, 11) is 0. The highest BCUT2D eigenvalue weighted by Gasteiger charge is 2.07. The van der Waals surface area contributed by atoms with Gasteiger partial charge in [0, 0.05) is 0 Å². The predicted molar refractivity (Wildman–Crippen MR) is 75.7 cm³/mol. The molecule has 0 radical (unpaired) electrons. The van der Waals surface area contributed by atoms with E-state index in [1.54, 1.807) is 5.57 Å². The minimum absolute atomic E-state index is 0.755. The van der Waals surface area contributed by atoms with Gasteiger partial charge in [-0.05, 0) is 37.5 Å². The first-order chi connectivity index (χ1) is 7.49. The molecular weight excluding hydrogens is 192 g/mol. The highest BCUT2D eigenvalue weighted by atomic mass is 14.1. The van der Waals surface area contributed by atoms with E-state index in [4.69, 9.17) is 0 Å². The SMILES string of the molecule is CCCC(C)CC(C)/C=C(\C)CC(C)CC. The van der Waals surface area contributed by atoms with Crippen LogP contribution in [0.1, 0.15) is 73.6 Å². The standard InChI is InChI=1S/C16H32/c1-7-9-14(4)11-16(6)12-15(5)10-13(3)8-2/h12-14,16H,7-11H2,1-6H3/b15-12+. The second-order valence-electron chi connectivity index (χ2n) is 5.84. The lowest BCUT2D eigenvalue weighted by Crippen LogP contribution is -2.02. The molecule has 0 aliphatic heterocycles. The van der Waals surface area contributed by atoms with E-state index in [9.17, 15) is 0 Å². The third-order valence-corrected chi connectivity index (χ3v) is 3.49. The fourth-order valence-electron chi connectivity index (χ4n) is 2.56. The average molecular weight is 224 g/mol. The maximum Gasteiger partial charge on any atom is -0.0257 e. The lowest BCUT2D eigenvalue weighted by molar-refractivity contribution is 0.432. The van der Waals surface area contributed by atoms with Gasteiger partial charge in [0.2, 0.25) is 0 Å². The zero-order valence-electron chi connectivity index (χ0n) is 12.3. The Morgan fingerprint density at radius 2 is 1.69 bits per heavy atom. The fraction of sp³-hybridized carbons (Fsp3) is 0.875. The van der Waals surface area contributed by atoms with Crippen molar-refractivity contribution in [2.45, 2.75) is 73.6 Å². The van der Waals surface area contributed by atoms with Crippen molar-refractivity contribution >= 4 is 0 Å². The largest absolute Gasteiger partial charge is 0.0827 e. The molecule has 0 bridgehead atoms. The van der Waals surface area contributed by atoms with Crippen LogP contribution in [0.25, 0.3) is 0 Å². The zero-order valence-corrected chi connectivity index (χ0v) is 12.3. The van der Waals surface area contributed by atoms with E-state index in [1.807, 2.05) is 0 Å². The van der Waals surface area contributed by atoms with Crippen LogP contribution in [0, 0.1) is 17.8 Å². The maximum atomic E-state index is 2.50. The van der Waals surface area contributed by atoms with Gasteiger partial charge >= 0.3 is 0 Å². The van der Waals surface area contributed by atoms with Gasteiger partial charge in [0.15, 0.2) is 0 Å². The van der Waals surface area contributed by atoms with Crippen molar-refractivity contribution in [3.63, 3.8) is 0 Å². The Balaban J connectivity index is 3.99. The van der Waals surface area contributed by atoms with E-state index in [-0.39, 0.29) is 0 Å². The molecule has 3 atom stereocenters. The zero-order chi connectivity index (χ0) is 12.6. The molecule has 0 rings (SSSR count). The van der Waals surface area contributed by atoms with Crippen LogP contribution in [0.3, 0.4) is 0 Å². The first kappa shape index (κ1) is 15.7. The summed E-state index contributed by atoms with van der Waals surface area (Å²) >= 11 is 0. The van der Waals surface area contributed by atoms with E-state index in [0.717, 1.165) is 17.8 Å². The summed E-state index contributed by atoms with van der Waals surface area (Å²) in [6, 6.07) is 0. The Kier molecular flexibility index (Phi) is 8.70. The van der Waals surface area contributed by atoms with Crippen LogP contribution in [0.15, 0.2) is 11.6 Å². The van der Waals surface area contributed by atoms with Crippen LogP contribution in [-0.4, -0.2) is 0 Å². The molecule has 0 aromatic rings. The predicted octanol–water partition coefficient (Wildman–Crippen LogP) is 5.83. The maximum absolute atomic E-state index is 2.50. The van der Waals surface area contributed by atoms with Gasteiger partial charge in [0.05, 0.1) is 0 Å². The lowest BCUT2D eigenvalue weighted by atomic mass is 9.91. The lowest BCUT2D eigenvalue weighted by Gasteiger charge is -2.15. The van der Waals surface area contributed by atoms with Crippen LogP contribution < -0.4 is 0 Å². The summed E-state index contributed by atoms with van der Waals surface area (Å²) in [4.78, 5) is 0. The molecule has 96 valence electrons. The third kappa shape index (κ3) is 7.96. The van der Waals surface area contributed by atoms with Crippen molar-refractivity contribution in [3.8, 4) is 0 Å². The van der Waals surface area contributed by atoms with Gasteiger partial charge in [-0.1, -0.05) is 65.5 Å². The highest BCUT2D eigenvalue weighted by Crippen LogP contribution is 2.21. The molecule has 0 spiro atoms. The van der Waals surface area contributed by atoms with Gasteiger partial charge in [-0.3, -0.25) is 0 Å². The number of hydrogen-bond acceptors (Lipinski definition) is 0. The Hall–Kier alpha value is -0.260. The summed E-state index contributed by atoms with van der Waals surface area (Å²) in [6.07, 6.45) is 9.13. The van der Waals surface area contributed by atoms with Crippen LogP contribution in [-0.2, 0) is 0 Å². The summed E-state index contributed by atoms with van der Waals surface area (Å²) < 4.78 is 0. The summed E-state index contributed by atoms with van der Waals surface area (Å²) in [5.41, 5.74) is 1.59. The Morgan fingerprint density at radius 3 is 2.19 bits per heavy atom. The van der Waals surface area contributed by atoms with Crippen LogP contribution in [0.2, 0.25) is 0 Å². The quantitative estimate of drug-likeness (QED) is 0.455. The molecular formula is C16H32. The Morgan fingerprint density at radius 1 is 1.06 bits per heavy atom. The number of rotatable bonds is 8. The normalized spacial score (nSPS) is 18.2. The van der Waals surface area contributed by atoms with Crippen molar-refractivity contribution in [1.29, 1.82) is 0 Å². The molecule has 0 aromatic carbocycles. The van der Waals surface area contributed by atoms with Crippen LogP contribution >= 0.6 is 0 Å². The third-order valence-electron chi connectivity index (χ3n) is 3.49. The topological polar surface area (TPSA) is 0 Å². The second-order valence-corrected chi connectivity index (χ2v) is 5.84. The number of hydrogen-bond donors (Lipinski definition) is 0. The van der Waals surface area contributed by atoms with E-state index < -0.39 is 0 Å². The van der Waals surface area contributed by atoms with Gasteiger partial charge < -0.3 is 0 Å². The first-order valence-electron chi connectivity index (χ1n) is 7.16. The minimum Gasteiger partial charge on any atom is -0.0827 e. The Labute approximate surface area is 104 Å².